The topological polar surface area (TPSA) is 65.2 Å². The van der Waals surface area contributed by atoms with E-state index in [0.29, 0.717) is 6.54 Å². The van der Waals surface area contributed by atoms with Gasteiger partial charge in [-0.25, -0.2) is 4.98 Å². The lowest BCUT2D eigenvalue weighted by atomic mass is 10.1. The van der Waals surface area contributed by atoms with Gasteiger partial charge in [0.15, 0.2) is 0 Å². The van der Waals surface area contributed by atoms with Gasteiger partial charge in [0, 0.05) is 39.0 Å². The van der Waals surface area contributed by atoms with Gasteiger partial charge < -0.3 is 10.2 Å². The molecule has 0 radical (unpaired) electrons. The summed E-state index contributed by atoms with van der Waals surface area (Å²) in [5.41, 5.74) is 4.10. The number of nitrogens with zero attached hydrogens (tertiary/aromatic N) is 5. The van der Waals surface area contributed by atoms with Crippen molar-refractivity contribution in [1.29, 1.82) is 0 Å². The third-order valence-corrected chi connectivity index (χ3v) is 6.37. The van der Waals surface area contributed by atoms with Crippen LogP contribution in [0.3, 0.4) is 0 Å². The predicted molar refractivity (Wildman–Crippen MR) is 126 cm³/mol. The fourth-order valence-corrected chi connectivity index (χ4v) is 4.78. The van der Waals surface area contributed by atoms with Crippen molar-refractivity contribution in [2.24, 2.45) is 15.4 Å². The van der Waals surface area contributed by atoms with E-state index in [-0.39, 0.29) is 0 Å². The Labute approximate surface area is 179 Å². The minimum absolute atomic E-state index is 0.527. The molecule has 4 aromatic rings. The Morgan fingerprint density at radius 3 is 2.63 bits per heavy atom. The Bertz CT molecular complexity index is 1270. The third kappa shape index (κ3) is 3.58. The highest BCUT2D eigenvalue weighted by Gasteiger charge is 2.15. The van der Waals surface area contributed by atoms with Crippen LogP contribution < -0.4 is 5.32 Å². The SMILES string of the molecule is CN(C)CCNc1nc2cc(C3=NN=NC3)ccc2c2sc(-c3ccccc3)cc12. The number of benzene rings is 2. The highest BCUT2D eigenvalue weighted by molar-refractivity contribution is 7.23. The molecule has 6 nitrogen and oxygen atoms in total. The summed E-state index contributed by atoms with van der Waals surface area (Å²) in [6, 6.07) is 19.1. The standard InChI is InChI=1S/C23H22N6S/c1-29(2)11-10-24-23-18-13-21(15-6-4-3-5-7-15)30-22(18)17-9-8-16(12-19(17)26-23)20-14-25-28-27-20/h3-9,12-13H,10-11,14H2,1-2H3,(H,24,26). The van der Waals surface area contributed by atoms with Crippen LogP contribution >= 0.6 is 11.3 Å². The van der Waals surface area contributed by atoms with Gasteiger partial charge in [-0.3, -0.25) is 0 Å². The van der Waals surface area contributed by atoms with Crippen LogP contribution in [-0.4, -0.2) is 49.3 Å². The van der Waals surface area contributed by atoms with Crippen molar-refractivity contribution in [3.05, 3.63) is 60.2 Å². The molecule has 7 heteroatoms. The molecule has 0 saturated heterocycles. The number of rotatable bonds is 6. The first-order valence-electron chi connectivity index (χ1n) is 9.94. The second kappa shape index (κ2) is 7.93. The van der Waals surface area contributed by atoms with E-state index in [0.717, 1.165) is 41.1 Å². The molecule has 0 spiro atoms. The number of hydrogen-bond donors (Lipinski definition) is 1. The van der Waals surface area contributed by atoms with Crippen molar-refractivity contribution < 1.29 is 0 Å². The second-order valence-electron chi connectivity index (χ2n) is 7.58. The molecule has 1 aliphatic rings. The summed E-state index contributed by atoms with van der Waals surface area (Å²) >= 11 is 1.81. The number of pyridine rings is 1. The van der Waals surface area contributed by atoms with Crippen molar-refractivity contribution >= 4 is 43.9 Å². The van der Waals surface area contributed by atoms with E-state index < -0.39 is 0 Å². The molecule has 0 unspecified atom stereocenters. The van der Waals surface area contributed by atoms with Crippen LogP contribution in [0.2, 0.25) is 0 Å². The lowest BCUT2D eigenvalue weighted by molar-refractivity contribution is 0.425. The van der Waals surface area contributed by atoms with Crippen molar-refractivity contribution in [3.63, 3.8) is 0 Å². The number of thiophene rings is 1. The Kier molecular flexibility index (Phi) is 4.98. The van der Waals surface area contributed by atoms with Gasteiger partial charge in [0.1, 0.15) is 12.4 Å². The Hall–Kier alpha value is -3.16. The van der Waals surface area contributed by atoms with E-state index in [2.05, 4.69) is 88.3 Å². The van der Waals surface area contributed by atoms with Crippen LogP contribution in [0.1, 0.15) is 5.56 Å². The zero-order valence-electron chi connectivity index (χ0n) is 17.0. The molecular weight excluding hydrogens is 392 g/mol. The van der Waals surface area contributed by atoms with E-state index in [1.54, 1.807) is 0 Å². The summed E-state index contributed by atoms with van der Waals surface area (Å²) in [4.78, 5) is 8.41. The molecule has 2 aromatic heterocycles. The summed E-state index contributed by atoms with van der Waals surface area (Å²) in [5.74, 6) is 0.928. The molecule has 150 valence electrons. The number of likely N-dealkylation sites (N-methyl/N-ethyl adjacent to an activating group) is 1. The maximum atomic E-state index is 5.00. The van der Waals surface area contributed by atoms with Gasteiger partial charge >= 0.3 is 0 Å². The summed E-state index contributed by atoms with van der Waals surface area (Å²) in [6.07, 6.45) is 0. The maximum absolute atomic E-state index is 5.00. The lowest BCUT2D eigenvalue weighted by Crippen LogP contribution is -2.21. The Morgan fingerprint density at radius 2 is 1.87 bits per heavy atom. The van der Waals surface area contributed by atoms with Crippen molar-refractivity contribution in [2.45, 2.75) is 0 Å². The van der Waals surface area contributed by atoms with Crippen molar-refractivity contribution in [3.8, 4) is 10.4 Å². The van der Waals surface area contributed by atoms with Gasteiger partial charge in [-0.15, -0.1) is 16.4 Å². The van der Waals surface area contributed by atoms with Gasteiger partial charge in [0.25, 0.3) is 0 Å². The first-order chi connectivity index (χ1) is 14.7. The van der Waals surface area contributed by atoms with Crippen LogP contribution in [0.15, 0.2) is 70.0 Å². The van der Waals surface area contributed by atoms with E-state index in [1.165, 1.54) is 20.5 Å². The first kappa shape index (κ1) is 18.8. The average Bonchev–Trinajstić information content (AvgIpc) is 3.44. The van der Waals surface area contributed by atoms with Gasteiger partial charge in [-0.2, -0.15) is 5.11 Å². The van der Waals surface area contributed by atoms with Crippen LogP contribution in [-0.2, 0) is 0 Å². The quantitative estimate of drug-likeness (QED) is 0.468. The van der Waals surface area contributed by atoms with E-state index in [1.807, 2.05) is 17.4 Å². The molecule has 0 saturated carbocycles. The van der Waals surface area contributed by atoms with Crippen LogP contribution in [0.4, 0.5) is 5.82 Å². The third-order valence-electron chi connectivity index (χ3n) is 5.15. The van der Waals surface area contributed by atoms with E-state index in [9.17, 15) is 0 Å². The maximum Gasteiger partial charge on any atom is 0.135 e. The molecule has 0 atom stereocenters. The summed E-state index contributed by atoms with van der Waals surface area (Å²) in [7, 11) is 4.15. The van der Waals surface area contributed by atoms with Gasteiger partial charge in [-0.05, 0) is 37.0 Å². The number of fused-ring (bicyclic) bond motifs is 3. The normalized spacial score (nSPS) is 13.5. The molecule has 0 aliphatic carbocycles. The second-order valence-corrected chi connectivity index (χ2v) is 8.63. The predicted octanol–water partition coefficient (Wildman–Crippen LogP) is 5.26. The molecule has 0 amide bonds. The highest BCUT2D eigenvalue weighted by atomic mass is 32.1. The lowest BCUT2D eigenvalue weighted by Gasteiger charge is -2.13. The van der Waals surface area contributed by atoms with Crippen molar-refractivity contribution in [1.82, 2.24) is 9.88 Å². The van der Waals surface area contributed by atoms with E-state index >= 15 is 0 Å². The minimum atomic E-state index is 0.527. The molecule has 30 heavy (non-hydrogen) atoms. The molecular formula is C23H22N6S. The highest BCUT2D eigenvalue weighted by Crippen LogP contribution is 2.40. The first-order valence-corrected chi connectivity index (χ1v) is 10.8. The van der Waals surface area contributed by atoms with Crippen LogP contribution in [0.5, 0.6) is 0 Å². The zero-order valence-corrected chi connectivity index (χ0v) is 17.8. The smallest absolute Gasteiger partial charge is 0.135 e. The average molecular weight is 415 g/mol. The molecule has 0 bridgehead atoms. The number of hydrogen-bond acceptors (Lipinski definition) is 7. The molecule has 0 fully saturated rings. The molecule has 2 aromatic carbocycles. The number of anilines is 1. The fourth-order valence-electron chi connectivity index (χ4n) is 3.59. The van der Waals surface area contributed by atoms with Crippen LogP contribution in [0.25, 0.3) is 31.4 Å². The summed E-state index contributed by atoms with van der Waals surface area (Å²) in [6.45, 7) is 2.30. The van der Waals surface area contributed by atoms with Gasteiger partial charge in [-0.1, -0.05) is 42.5 Å². The minimum Gasteiger partial charge on any atom is -0.368 e. The molecule has 1 aliphatic heterocycles. The molecule has 5 rings (SSSR count). The molecule has 1 N–H and O–H groups in total. The summed E-state index contributed by atoms with van der Waals surface area (Å²) < 4.78 is 1.25. The van der Waals surface area contributed by atoms with Gasteiger partial charge in [0.05, 0.1) is 11.2 Å². The fraction of sp³-hybridized carbons (Fsp3) is 0.217. The van der Waals surface area contributed by atoms with E-state index in [4.69, 9.17) is 4.98 Å². The van der Waals surface area contributed by atoms with Gasteiger partial charge in [0.2, 0.25) is 0 Å². The largest absolute Gasteiger partial charge is 0.368 e. The summed E-state index contributed by atoms with van der Waals surface area (Å²) in [5, 5.41) is 17.7. The Balaban J connectivity index is 1.65. The molecule has 3 heterocycles. The zero-order chi connectivity index (χ0) is 20.5. The van der Waals surface area contributed by atoms with Crippen molar-refractivity contribution in [2.75, 3.05) is 39.0 Å². The Morgan fingerprint density at radius 1 is 1.00 bits per heavy atom. The number of nitrogens with one attached hydrogen (secondary N) is 1. The van der Waals surface area contributed by atoms with Crippen LogP contribution in [0, 0.1) is 0 Å². The number of aromatic nitrogens is 1. The monoisotopic (exact) mass is 414 g/mol.